The van der Waals surface area contributed by atoms with Gasteiger partial charge in [0.2, 0.25) is 0 Å². The van der Waals surface area contributed by atoms with Gasteiger partial charge in [-0.2, -0.15) is 5.26 Å². The van der Waals surface area contributed by atoms with Crippen LogP contribution in [0.15, 0.2) is 17.5 Å². The van der Waals surface area contributed by atoms with E-state index in [1.165, 1.54) is 4.70 Å². The van der Waals surface area contributed by atoms with E-state index in [0.29, 0.717) is 6.42 Å². The first kappa shape index (κ1) is 10.2. The van der Waals surface area contributed by atoms with Crippen LogP contribution in [-0.2, 0) is 6.42 Å². The number of thiophene rings is 1. The van der Waals surface area contributed by atoms with Crippen molar-refractivity contribution in [3.63, 3.8) is 0 Å². The molecule has 0 amide bonds. The van der Waals surface area contributed by atoms with Gasteiger partial charge < -0.3 is 0 Å². The van der Waals surface area contributed by atoms with E-state index in [9.17, 15) is 0 Å². The van der Waals surface area contributed by atoms with Crippen molar-refractivity contribution in [1.29, 1.82) is 5.26 Å². The standard InChI is InChI=1S/C10H5ClINS/c11-8-5-14-10-4-9(12)6(1-2-13)3-7(8)10/h3-5H,1H2. The van der Waals surface area contributed by atoms with Gasteiger partial charge >= 0.3 is 0 Å². The molecule has 0 fully saturated rings. The van der Waals surface area contributed by atoms with E-state index in [1.54, 1.807) is 11.3 Å². The van der Waals surface area contributed by atoms with Crippen LogP contribution in [0.2, 0.25) is 5.02 Å². The Morgan fingerprint density at radius 1 is 1.50 bits per heavy atom. The van der Waals surface area contributed by atoms with Crippen LogP contribution in [-0.4, -0.2) is 0 Å². The highest BCUT2D eigenvalue weighted by atomic mass is 127. The summed E-state index contributed by atoms with van der Waals surface area (Å²) in [5.41, 5.74) is 1.06. The summed E-state index contributed by atoms with van der Waals surface area (Å²) in [6.07, 6.45) is 0.445. The third kappa shape index (κ3) is 1.74. The van der Waals surface area contributed by atoms with Crippen LogP contribution in [0, 0.1) is 14.9 Å². The molecule has 0 atom stereocenters. The first-order valence-electron chi connectivity index (χ1n) is 3.94. The highest BCUT2D eigenvalue weighted by Crippen LogP contribution is 2.32. The van der Waals surface area contributed by atoms with Crippen LogP contribution in [0.1, 0.15) is 5.56 Å². The molecule has 0 aliphatic carbocycles. The van der Waals surface area contributed by atoms with Crippen LogP contribution >= 0.6 is 45.5 Å². The lowest BCUT2D eigenvalue weighted by Crippen LogP contribution is -1.85. The van der Waals surface area contributed by atoms with E-state index >= 15 is 0 Å². The maximum absolute atomic E-state index is 8.65. The summed E-state index contributed by atoms with van der Waals surface area (Å²) in [5.74, 6) is 0. The van der Waals surface area contributed by atoms with Crippen LogP contribution in [0.3, 0.4) is 0 Å². The van der Waals surface area contributed by atoms with Gasteiger partial charge in [0.1, 0.15) is 0 Å². The Hall–Kier alpha value is -0.310. The van der Waals surface area contributed by atoms with Crippen LogP contribution < -0.4 is 0 Å². The molecule has 0 saturated carbocycles. The summed E-state index contributed by atoms with van der Waals surface area (Å²) >= 11 is 9.91. The maximum Gasteiger partial charge on any atom is 0.0670 e. The molecule has 1 heterocycles. The zero-order chi connectivity index (χ0) is 10.1. The molecule has 0 aliphatic heterocycles. The number of hydrogen-bond acceptors (Lipinski definition) is 2. The lowest BCUT2D eigenvalue weighted by Gasteiger charge is -2.00. The number of nitrogens with zero attached hydrogens (tertiary/aromatic N) is 1. The van der Waals surface area contributed by atoms with Crippen LogP contribution in [0.4, 0.5) is 0 Å². The minimum Gasteiger partial charge on any atom is -0.198 e. The molecule has 1 aromatic heterocycles. The summed E-state index contributed by atoms with van der Waals surface area (Å²) in [6, 6.07) is 6.25. The average Bonchev–Trinajstić information content (AvgIpc) is 2.49. The SMILES string of the molecule is N#CCc1cc2c(Cl)csc2cc1I. The minimum absolute atomic E-state index is 0.445. The average molecular weight is 334 g/mol. The molecule has 0 aliphatic rings. The van der Waals surface area contributed by atoms with Gasteiger partial charge in [-0.15, -0.1) is 11.3 Å². The van der Waals surface area contributed by atoms with Gasteiger partial charge in [0, 0.05) is 19.0 Å². The Kier molecular flexibility index (Phi) is 2.96. The van der Waals surface area contributed by atoms with E-state index in [0.717, 1.165) is 19.5 Å². The molecule has 0 N–H and O–H groups in total. The summed E-state index contributed by atoms with van der Waals surface area (Å²) in [4.78, 5) is 0. The Morgan fingerprint density at radius 2 is 2.29 bits per heavy atom. The first-order chi connectivity index (χ1) is 6.72. The molecule has 4 heteroatoms. The molecule has 70 valence electrons. The first-order valence-corrected chi connectivity index (χ1v) is 6.28. The fraction of sp³-hybridized carbons (Fsp3) is 0.100. The van der Waals surface area contributed by atoms with Crippen molar-refractivity contribution in [2.75, 3.05) is 0 Å². The summed E-state index contributed by atoms with van der Waals surface area (Å²) in [7, 11) is 0. The quantitative estimate of drug-likeness (QED) is 0.717. The van der Waals surface area contributed by atoms with Crippen molar-refractivity contribution in [2.24, 2.45) is 0 Å². The zero-order valence-electron chi connectivity index (χ0n) is 7.05. The lowest BCUT2D eigenvalue weighted by atomic mass is 10.1. The molecule has 0 spiro atoms. The van der Waals surface area contributed by atoms with E-state index in [1.807, 2.05) is 11.4 Å². The molecule has 0 radical (unpaired) electrons. The number of fused-ring (bicyclic) bond motifs is 1. The molecule has 2 aromatic rings. The molecule has 1 nitrogen and oxygen atoms in total. The van der Waals surface area contributed by atoms with Gasteiger partial charge in [-0.05, 0) is 40.3 Å². The molecule has 1 aromatic carbocycles. The van der Waals surface area contributed by atoms with Crippen molar-refractivity contribution < 1.29 is 0 Å². The predicted molar refractivity (Wildman–Crippen MR) is 68.9 cm³/mol. The number of halogens is 2. The number of nitriles is 1. The van der Waals surface area contributed by atoms with Gasteiger partial charge in [-0.25, -0.2) is 0 Å². The highest BCUT2D eigenvalue weighted by molar-refractivity contribution is 14.1. The van der Waals surface area contributed by atoms with E-state index in [4.69, 9.17) is 16.9 Å². The lowest BCUT2D eigenvalue weighted by molar-refractivity contribution is 1.26. The molecule has 14 heavy (non-hydrogen) atoms. The van der Waals surface area contributed by atoms with Gasteiger partial charge in [0.15, 0.2) is 0 Å². The number of benzene rings is 1. The largest absolute Gasteiger partial charge is 0.198 e. The third-order valence-corrected chi connectivity index (χ3v) is 4.36. The van der Waals surface area contributed by atoms with Crippen molar-refractivity contribution in [3.05, 3.63) is 31.7 Å². The Morgan fingerprint density at radius 3 is 3.00 bits per heavy atom. The van der Waals surface area contributed by atoms with Crippen LogP contribution in [0.25, 0.3) is 10.1 Å². The molecule has 0 bridgehead atoms. The predicted octanol–water partition coefficient (Wildman–Crippen LogP) is 4.23. The van der Waals surface area contributed by atoms with Crippen molar-refractivity contribution in [2.45, 2.75) is 6.42 Å². The second-order valence-corrected chi connectivity index (χ2v) is 5.34. The number of hydrogen-bond donors (Lipinski definition) is 0. The van der Waals surface area contributed by atoms with Gasteiger partial charge in [0.25, 0.3) is 0 Å². The molecular weight excluding hydrogens is 329 g/mol. The fourth-order valence-electron chi connectivity index (χ4n) is 1.28. The molecular formula is C10H5ClINS. The second kappa shape index (κ2) is 4.05. The zero-order valence-corrected chi connectivity index (χ0v) is 10.8. The third-order valence-electron chi connectivity index (χ3n) is 1.96. The van der Waals surface area contributed by atoms with Gasteiger partial charge in [-0.1, -0.05) is 11.6 Å². The number of rotatable bonds is 1. The topological polar surface area (TPSA) is 23.8 Å². The minimum atomic E-state index is 0.445. The fourth-order valence-corrected chi connectivity index (χ4v) is 3.34. The molecule has 0 unspecified atom stereocenters. The van der Waals surface area contributed by atoms with E-state index < -0.39 is 0 Å². The van der Waals surface area contributed by atoms with Gasteiger partial charge in [0.05, 0.1) is 17.5 Å². The van der Waals surface area contributed by atoms with Crippen molar-refractivity contribution in [1.82, 2.24) is 0 Å². The summed E-state index contributed by atoms with van der Waals surface area (Å²) in [5, 5.41) is 12.4. The summed E-state index contributed by atoms with van der Waals surface area (Å²) < 4.78 is 2.32. The van der Waals surface area contributed by atoms with Crippen molar-refractivity contribution in [3.8, 4) is 6.07 Å². The maximum atomic E-state index is 8.65. The second-order valence-electron chi connectivity index (χ2n) is 2.86. The Balaban J connectivity index is 2.69. The van der Waals surface area contributed by atoms with Crippen LogP contribution in [0.5, 0.6) is 0 Å². The van der Waals surface area contributed by atoms with E-state index in [2.05, 4.69) is 34.7 Å². The Labute approximate surface area is 104 Å². The monoisotopic (exact) mass is 333 g/mol. The highest BCUT2D eigenvalue weighted by Gasteiger charge is 2.06. The smallest absolute Gasteiger partial charge is 0.0670 e. The van der Waals surface area contributed by atoms with Crippen molar-refractivity contribution >= 4 is 55.6 Å². The molecule has 0 saturated heterocycles. The molecule has 2 rings (SSSR count). The Bertz CT molecular complexity index is 527. The normalized spacial score (nSPS) is 10.4. The van der Waals surface area contributed by atoms with Gasteiger partial charge in [-0.3, -0.25) is 0 Å². The summed E-state index contributed by atoms with van der Waals surface area (Å²) in [6.45, 7) is 0. The van der Waals surface area contributed by atoms with E-state index in [-0.39, 0.29) is 0 Å².